The molecule has 12 heavy (non-hydrogen) atoms. The molecule has 0 aliphatic heterocycles. The summed E-state index contributed by atoms with van der Waals surface area (Å²) in [5, 5.41) is 0. The van der Waals surface area contributed by atoms with Crippen molar-refractivity contribution in [3.8, 4) is 0 Å². The first kappa shape index (κ1) is 11.4. The number of carbonyl (C=O) groups excluding carboxylic acids is 1. The zero-order valence-electron chi connectivity index (χ0n) is 8.68. The molecule has 0 saturated carbocycles. The van der Waals surface area contributed by atoms with Crippen molar-refractivity contribution in [2.45, 2.75) is 19.8 Å². The van der Waals surface area contributed by atoms with Crippen LogP contribution in [0.3, 0.4) is 0 Å². The molecule has 70 valence electrons. The van der Waals surface area contributed by atoms with Gasteiger partial charge in [-0.05, 0) is 12.5 Å². The molecule has 0 N–H and O–H groups in total. The molecule has 0 bridgehead atoms. The fraction of sp³-hybridized carbons (Fsp3) is 0.700. The highest BCUT2D eigenvalue weighted by Crippen LogP contribution is 2.02. The fourth-order valence-electron chi connectivity index (χ4n) is 0.927. The summed E-state index contributed by atoms with van der Waals surface area (Å²) in [6.07, 6.45) is 1.60. The van der Waals surface area contributed by atoms with Gasteiger partial charge in [0.2, 0.25) is 0 Å². The van der Waals surface area contributed by atoms with Gasteiger partial charge in [0.05, 0.1) is 27.7 Å². The monoisotopic (exact) mass is 170 g/mol. The minimum atomic E-state index is 0.198. The molecular formula is C10H20NO+. The summed E-state index contributed by atoms with van der Waals surface area (Å²) in [6.45, 7) is 6.43. The lowest BCUT2D eigenvalue weighted by Crippen LogP contribution is -2.35. The SMILES string of the molecule is C=C(C)C(=O)CCC[N+](C)(C)C. The van der Waals surface area contributed by atoms with Gasteiger partial charge in [-0.2, -0.15) is 0 Å². The third kappa shape index (κ3) is 6.10. The van der Waals surface area contributed by atoms with E-state index in [0.29, 0.717) is 12.0 Å². The van der Waals surface area contributed by atoms with E-state index in [-0.39, 0.29) is 5.78 Å². The highest BCUT2D eigenvalue weighted by Gasteiger charge is 2.08. The highest BCUT2D eigenvalue weighted by atomic mass is 16.1. The standard InChI is InChI=1S/C10H20NO/c1-9(2)10(12)7-6-8-11(3,4)5/h1,6-8H2,2-5H3/q+1. The molecule has 0 atom stereocenters. The average Bonchev–Trinajstić information content (AvgIpc) is 1.84. The van der Waals surface area contributed by atoms with Crippen molar-refractivity contribution in [3.05, 3.63) is 12.2 Å². The Bertz CT molecular complexity index is 177. The maximum absolute atomic E-state index is 11.1. The summed E-state index contributed by atoms with van der Waals surface area (Å²) < 4.78 is 0.920. The second-order valence-electron chi connectivity index (χ2n) is 4.32. The van der Waals surface area contributed by atoms with Gasteiger partial charge >= 0.3 is 0 Å². The third-order valence-corrected chi connectivity index (χ3v) is 1.71. The second kappa shape index (κ2) is 4.41. The van der Waals surface area contributed by atoms with Gasteiger partial charge in [-0.15, -0.1) is 0 Å². The van der Waals surface area contributed by atoms with Crippen molar-refractivity contribution in [1.82, 2.24) is 0 Å². The van der Waals surface area contributed by atoms with Crippen LogP contribution in [0.5, 0.6) is 0 Å². The summed E-state index contributed by atoms with van der Waals surface area (Å²) in [6, 6.07) is 0. The average molecular weight is 170 g/mol. The Morgan fingerprint density at radius 3 is 2.17 bits per heavy atom. The minimum absolute atomic E-state index is 0.198. The van der Waals surface area contributed by atoms with E-state index in [9.17, 15) is 4.79 Å². The van der Waals surface area contributed by atoms with Crippen molar-refractivity contribution in [1.29, 1.82) is 0 Å². The number of carbonyl (C=O) groups is 1. The van der Waals surface area contributed by atoms with Crippen LogP contribution in [-0.4, -0.2) is 38.0 Å². The van der Waals surface area contributed by atoms with Gasteiger partial charge in [-0.1, -0.05) is 6.58 Å². The Kier molecular flexibility index (Phi) is 4.18. The van der Waals surface area contributed by atoms with Gasteiger partial charge < -0.3 is 4.48 Å². The summed E-state index contributed by atoms with van der Waals surface area (Å²) in [5.74, 6) is 0.198. The predicted molar refractivity (Wildman–Crippen MR) is 52.0 cm³/mol. The molecule has 0 aliphatic rings. The molecule has 0 rings (SSSR count). The highest BCUT2D eigenvalue weighted by molar-refractivity contribution is 5.93. The molecular weight excluding hydrogens is 150 g/mol. The van der Waals surface area contributed by atoms with Crippen LogP contribution in [0, 0.1) is 0 Å². The lowest BCUT2D eigenvalue weighted by atomic mass is 10.1. The number of nitrogens with zero attached hydrogens (tertiary/aromatic N) is 1. The van der Waals surface area contributed by atoms with Crippen molar-refractivity contribution < 1.29 is 9.28 Å². The first-order valence-corrected chi connectivity index (χ1v) is 4.32. The van der Waals surface area contributed by atoms with E-state index < -0.39 is 0 Å². The van der Waals surface area contributed by atoms with Crippen LogP contribution in [0.25, 0.3) is 0 Å². The van der Waals surface area contributed by atoms with Crippen LogP contribution in [0.1, 0.15) is 19.8 Å². The van der Waals surface area contributed by atoms with E-state index >= 15 is 0 Å². The first-order valence-electron chi connectivity index (χ1n) is 4.32. The number of quaternary nitrogens is 1. The maximum atomic E-state index is 11.1. The first-order chi connectivity index (χ1) is 5.33. The zero-order chi connectivity index (χ0) is 9.78. The number of rotatable bonds is 5. The van der Waals surface area contributed by atoms with Crippen molar-refractivity contribution in [2.24, 2.45) is 0 Å². The molecule has 0 saturated heterocycles. The lowest BCUT2D eigenvalue weighted by Gasteiger charge is -2.23. The van der Waals surface area contributed by atoms with Gasteiger partial charge in [-0.25, -0.2) is 0 Å². The van der Waals surface area contributed by atoms with Crippen molar-refractivity contribution >= 4 is 5.78 Å². The Morgan fingerprint density at radius 2 is 1.83 bits per heavy atom. The maximum Gasteiger partial charge on any atom is 0.158 e. The number of ketones is 1. The molecule has 0 unspecified atom stereocenters. The number of Topliss-reactive ketones (excluding diaryl/α,β-unsaturated/α-hetero) is 1. The van der Waals surface area contributed by atoms with E-state index in [4.69, 9.17) is 0 Å². The summed E-state index contributed by atoms with van der Waals surface area (Å²) in [5.41, 5.74) is 0.677. The van der Waals surface area contributed by atoms with E-state index in [1.807, 2.05) is 0 Å². The van der Waals surface area contributed by atoms with Crippen LogP contribution >= 0.6 is 0 Å². The molecule has 2 nitrogen and oxygen atoms in total. The smallest absolute Gasteiger partial charge is 0.158 e. The van der Waals surface area contributed by atoms with Gasteiger partial charge in [-0.3, -0.25) is 4.79 Å². The summed E-state index contributed by atoms with van der Waals surface area (Å²) in [4.78, 5) is 11.1. The minimum Gasteiger partial charge on any atom is -0.331 e. The third-order valence-electron chi connectivity index (χ3n) is 1.71. The molecule has 0 aliphatic carbocycles. The molecule has 0 heterocycles. The normalized spacial score (nSPS) is 11.3. The van der Waals surface area contributed by atoms with Gasteiger partial charge in [0.25, 0.3) is 0 Å². The zero-order valence-corrected chi connectivity index (χ0v) is 8.68. The van der Waals surface area contributed by atoms with Crippen molar-refractivity contribution in [3.63, 3.8) is 0 Å². The van der Waals surface area contributed by atoms with E-state index in [0.717, 1.165) is 17.4 Å². The Balaban J connectivity index is 3.58. The van der Waals surface area contributed by atoms with Crippen LogP contribution in [0.2, 0.25) is 0 Å². The second-order valence-corrected chi connectivity index (χ2v) is 4.32. The van der Waals surface area contributed by atoms with Gasteiger partial charge in [0, 0.05) is 12.8 Å². The molecule has 0 aromatic rings. The van der Waals surface area contributed by atoms with Gasteiger partial charge in [0.15, 0.2) is 5.78 Å². The summed E-state index contributed by atoms with van der Waals surface area (Å²) in [7, 11) is 6.39. The molecule has 0 amide bonds. The van der Waals surface area contributed by atoms with Crippen LogP contribution < -0.4 is 0 Å². The Labute approximate surface area is 75.5 Å². The topological polar surface area (TPSA) is 17.1 Å². The van der Waals surface area contributed by atoms with Crippen LogP contribution in [-0.2, 0) is 4.79 Å². The number of hydrogen-bond acceptors (Lipinski definition) is 1. The summed E-state index contributed by atoms with van der Waals surface area (Å²) >= 11 is 0. The van der Waals surface area contributed by atoms with Crippen LogP contribution in [0.4, 0.5) is 0 Å². The fourth-order valence-corrected chi connectivity index (χ4v) is 0.927. The molecule has 2 heteroatoms. The molecule has 0 aromatic heterocycles. The van der Waals surface area contributed by atoms with Crippen LogP contribution in [0.15, 0.2) is 12.2 Å². The van der Waals surface area contributed by atoms with E-state index in [2.05, 4.69) is 27.7 Å². The lowest BCUT2D eigenvalue weighted by molar-refractivity contribution is -0.870. The number of hydrogen-bond donors (Lipinski definition) is 0. The quantitative estimate of drug-likeness (QED) is 0.452. The molecule has 0 spiro atoms. The Morgan fingerprint density at radius 1 is 1.33 bits per heavy atom. The van der Waals surface area contributed by atoms with Gasteiger partial charge in [0.1, 0.15) is 0 Å². The molecule has 0 radical (unpaired) electrons. The number of allylic oxidation sites excluding steroid dienone is 1. The van der Waals surface area contributed by atoms with E-state index in [1.54, 1.807) is 6.92 Å². The largest absolute Gasteiger partial charge is 0.331 e. The van der Waals surface area contributed by atoms with E-state index in [1.165, 1.54) is 0 Å². The predicted octanol–water partition coefficient (Wildman–Crippen LogP) is 1.62. The molecule has 0 fully saturated rings. The van der Waals surface area contributed by atoms with Crippen molar-refractivity contribution in [2.75, 3.05) is 27.7 Å². The molecule has 0 aromatic carbocycles. The Hall–Kier alpha value is -0.630.